The summed E-state index contributed by atoms with van der Waals surface area (Å²) in [5, 5.41) is 18.8. The first-order chi connectivity index (χ1) is 7.16. The molecule has 2 heteroatoms. The van der Waals surface area contributed by atoms with Gasteiger partial charge in [0.1, 0.15) is 11.5 Å². The Morgan fingerprint density at radius 2 is 1.47 bits per heavy atom. The van der Waals surface area contributed by atoms with E-state index in [2.05, 4.69) is 0 Å². The summed E-state index contributed by atoms with van der Waals surface area (Å²) in [6, 6.07) is 12.5. The lowest BCUT2D eigenvalue weighted by Crippen LogP contribution is -1.82. The van der Waals surface area contributed by atoms with Crippen molar-refractivity contribution in [1.29, 1.82) is 0 Å². The molecule has 0 saturated heterocycles. The van der Waals surface area contributed by atoms with Crippen LogP contribution in [0.5, 0.6) is 11.5 Å². The van der Waals surface area contributed by atoms with Crippen LogP contribution in [0.3, 0.4) is 0 Å². The zero-order valence-electron chi connectivity index (χ0n) is 8.44. The van der Waals surface area contributed by atoms with Crippen LogP contribution < -0.4 is 0 Å². The maximum atomic E-state index is 9.39. The summed E-state index contributed by atoms with van der Waals surface area (Å²) in [5.41, 5.74) is 2.96. The van der Waals surface area contributed by atoms with Crippen molar-refractivity contribution in [1.82, 2.24) is 0 Å². The van der Waals surface area contributed by atoms with Gasteiger partial charge in [-0.15, -0.1) is 0 Å². The third-order valence-corrected chi connectivity index (χ3v) is 2.36. The molecule has 2 aromatic rings. The largest absolute Gasteiger partial charge is 0.508 e. The zero-order chi connectivity index (χ0) is 10.8. The van der Waals surface area contributed by atoms with E-state index in [0.29, 0.717) is 0 Å². The minimum atomic E-state index is 0.0771. The summed E-state index contributed by atoms with van der Waals surface area (Å²) < 4.78 is 0. The number of phenolic OH excluding ortho intramolecular Hbond substituents is 2. The first kappa shape index (κ1) is 9.59. The molecule has 0 aliphatic heterocycles. The molecule has 2 aromatic carbocycles. The van der Waals surface area contributed by atoms with Crippen molar-refractivity contribution in [3.8, 4) is 22.6 Å². The molecule has 0 amide bonds. The molecule has 15 heavy (non-hydrogen) atoms. The second-order valence-corrected chi connectivity index (χ2v) is 3.55. The molecule has 2 nitrogen and oxygen atoms in total. The minimum Gasteiger partial charge on any atom is -0.508 e. The SMILES string of the molecule is Cc1ccccc1-c1cc(O)cc(O)c1. The van der Waals surface area contributed by atoms with Crippen molar-refractivity contribution >= 4 is 0 Å². The van der Waals surface area contributed by atoms with Crippen LogP contribution in [0.15, 0.2) is 42.5 Å². The average Bonchev–Trinajstić information content (AvgIpc) is 2.16. The molecule has 0 heterocycles. The standard InChI is InChI=1S/C13H12O2/c1-9-4-2-3-5-13(9)10-6-11(14)8-12(15)7-10/h2-8,14-15H,1H3. The van der Waals surface area contributed by atoms with Gasteiger partial charge >= 0.3 is 0 Å². The smallest absolute Gasteiger partial charge is 0.119 e. The number of rotatable bonds is 1. The fourth-order valence-electron chi connectivity index (χ4n) is 1.65. The van der Waals surface area contributed by atoms with Gasteiger partial charge in [-0.1, -0.05) is 24.3 Å². The van der Waals surface area contributed by atoms with Gasteiger partial charge in [-0.05, 0) is 35.7 Å². The molecule has 0 aliphatic carbocycles. The van der Waals surface area contributed by atoms with Gasteiger partial charge in [-0.3, -0.25) is 0 Å². The van der Waals surface area contributed by atoms with Crippen molar-refractivity contribution in [2.24, 2.45) is 0 Å². The second kappa shape index (κ2) is 3.65. The van der Waals surface area contributed by atoms with E-state index in [1.54, 1.807) is 12.1 Å². The van der Waals surface area contributed by atoms with Crippen LogP contribution in [0.25, 0.3) is 11.1 Å². The third kappa shape index (κ3) is 1.94. The molecule has 0 spiro atoms. The number of phenols is 2. The van der Waals surface area contributed by atoms with E-state index in [-0.39, 0.29) is 11.5 Å². The van der Waals surface area contributed by atoms with Crippen molar-refractivity contribution < 1.29 is 10.2 Å². The van der Waals surface area contributed by atoms with Crippen LogP contribution in [-0.4, -0.2) is 10.2 Å². The van der Waals surface area contributed by atoms with E-state index in [1.807, 2.05) is 31.2 Å². The molecule has 0 radical (unpaired) electrons. The Morgan fingerprint density at radius 3 is 2.07 bits per heavy atom. The molecular formula is C13H12O2. The van der Waals surface area contributed by atoms with Gasteiger partial charge in [-0.25, -0.2) is 0 Å². The van der Waals surface area contributed by atoms with Crippen LogP contribution >= 0.6 is 0 Å². The Balaban J connectivity index is 2.59. The van der Waals surface area contributed by atoms with Gasteiger partial charge in [0.15, 0.2) is 0 Å². The van der Waals surface area contributed by atoms with E-state index < -0.39 is 0 Å². The molecule has 0 saturated carbocycles. The summed E-state index contributed by atoms with van der Waals surface area (Å²) in [5.74, 6) is 0.154. The third-order valence-electron chi connectivity index (χ3n) is 2.36. The molecule has 2 N–H and O–H groups in total. The predicted octanol–water partition coefficient (Wildman–Crippen LogP) is 3.07. The van der Waals surface area contributed by atoms with Crippen LogP contribution in [0.1, 0.15) is 5.56 Å². The first-order valence-electron chi connectivity index (χ1n) is 4.76. The Labute approximate surface area is 88.4 Å². The van der Waals surface area contributed by atoms with Crippen molar-refractivity contribution in [3.63, 3.8) is 0 Å². The van der Waals surface area contributed by atoms with Gasteiger partial charge in [0.05, 0.1) is 0 Å². The summed E-state index contributed by atoms with van der Waals surface area (Å²) in [7, 11) is 0. The van der Waals surface area contributed by atoms with Gasteiger partial charge in [-0.2, -0.15) is 0 Å². The van der Waals surface area contributed by atoms with Gasteiger partial charge in [0, 0.05) is 6.07 Å². The van der Waals surface area contributed by atoms with Crippen molar-refractivity contribution in [2.75, 3.05) is 0 Å². The summed E-state index contributed by atoms with van der Waals surface area (Å²) in [6.45, 7) is 2.00. The quantitative estimate of drug-likeness (QED) is 0.742. The molecule has 0 fully saturated rings. The number of hydrogen-bond acceptors (Lipinski definition) is 2. The molecule has 0 atom stereocenters. The van der Waals surface area contributed by atoms with Gasteiger partial charge in [0.2, 0.25) is 0 Å². The van der Waals surface area contributed by atoms with Crippen LogP contribution in [0.2, 0.25) is 0 Å². The lowest BCUT2D eigenvalue weighted by atomic mass is 10.0. The van der Waals surface area contributed by atoms with Crippen molar-refractivity contribution in [3.05, 3.63) is 48.0 Å². The fourth-order valence-corrected chi connectivity index (χ4v) is 1.65. The lowest BCUT2D eigenvalue weighted by molar-refractivity contribution is 0.451. The highest BCUT2D eigenvalue weighted by Crippen LogP contribution is 2.30. The number of hydrogen-bond donors (Lipinski definition) is 2. The Hall–Kier alpha value is -1.96. The normalized spacial score (nSPS) is 10.2. The van der Waals surface area contributed by atoms with E-state index in [9.17, 15) is 10.2 Å². The highest BCUT2D eigenvalue weighted by Gasteiger charge is 2.03. The Morgan fingerprint density at radius 1 is 0.867 bits per heavy atom. The zero-order valence-corrected chi connectivity index (χ0v) is 8.44. The molecule has 0 aromatic heterocycles. The van der Waals surface area contributed by atoms with Crippen LogP contribution in [0.4, 0.5) is 0 Å². The Bertz CT molecular complexity index is 469. The average molecular weight is 200 g/mol. The van der Waals surface area contributed by atoms with E-state index >= 15 is 0 Å². The van der Waals surface area contributed by atoms with E-state index in [1.165, 1.54) is 6.07 Å². The molecule has 2 rings (SSSR count). The van der Waals surface area contributed by atoms with E-state index in [4.69, 9.17) is 0 Å². The maximum absolute atomic E-state index is 9.39. The highest BCUT2D eigenvalue weighted by atomic mass is 16.3. The summed E-state index contributed by atoms with van der Waals surface area (Å²) in [4.78, 5) is 0. The number of benzene rings is 2. The maximum Gasteiger partial charge on any atom is 0.119 e. The molecular weight excluding hydrogens is 188 g/mol. The lowest BCUT2D eigenvalue weighted by Gasteiger charge is -2.06. The Kier molecular flexibility index (Phi) is 2.34. The summed E-state index contributed by atoms with van der Waals surface area (Å²) >= 11 is 0. The number of aromatic hydroxyl groups is 2. The predicted molar refractivity (Wildman–Crippen MR) is 59.9 cm³/mol. The highest BCUT2D eigenvalue weighted by molar-refractivity contribution is 5.69. The molecule has 0 bridgehead atoms. The molecule has 0 unspecified atom stereocenters. The fraction of sp³-hybridized carbons (Fsp3) is 0.0769. The monoisotopic (exact) mass is 200 g/mol. The second-order valence-electron chi connectivity index (χ2n) is 3.55. The molecule has 0 aliphatic rings. The van der Waals surface area contributed by atoms with Crippen LogP contribution in [0, 0.1) is 6.92 Å². The topological polar surface area (TPSA) is 40.5 Å². The summed E-state index contributed by atoms with van der Waals surface area (Å²) in [6.07, 6.45) is 0. The molecule has 76 valence electrons. The first-order valence-corrected chi connectivity index (χ1v) is 4.76. The van der Waals surface area contributed by atoms with Crippen LogP contribution in [-0.2, 0) is 0 Å². The van der Waals surface area contributed by atoms with Gasteiger partial charge < -0.3 is 10.2 Å². The van der Waals surface area contributed by atoms with Crippen molar-refractivity contribution in [2.45, 2.75) is 6.92 Å². The van der Waals surface area contributed by atoms with E-state index in [0.717, 1.165) is 16.7 Å². The van der Waals surface area contributed by atoms with Gasteiger partial charge in [0.25, 0.3) is 0 Å². The number of aryl methyl sites for hydroxylation is 1. The minimum absolute atomic E-state index is 0.0771.